The van der Waals surface area contributed by atoms with E-state index in [4.69, 9.17) is 5.73 Å². The summed E-state index contributed by atoms with van der Waals surface area (Å²) < 4.78 is 1.91. The summed E-state index contributed by atoms with van der Waals surface area (Å²) in [5.74, 6) is 0.907. The van der Waals surface area contributed by atoms with Crippen molar-refractivity contribution in [2.45, 2.75) is 46.2 Å². The Bertz CT molecular complexity index is 559. The van der Waals surface area contributed by atoms with Crippen LogP contribution in [0, 0.1) is 13.8 Å². The predicted molar refractivity (Wildman–Crippen MR) is 74.8 cm³/mol. The molecule has 0 spiro atoms. The second kappa shape index (κ2) is 5.48. The van der Waals surface area contributed by atoms with Crippen LogP contribution in [0.15, 0.2) is 18.6 Å². The Morgan fingerprint density at radius 3 is 2.63 bits per heavy atom. The van der Waals surface area contributed by atoms with Gasteiger partial charge < -0.3 is 5.73 Å². The first-order valence-electron chi connectivity index (χ1n) is 6.56. The van der Waals surface area contributed by atoms with Gasteiger partial charge in [0.2, 0.25) is 0 Å². The molecule has 19 heavy (non-hydrogen) atoms. The van der Waals surface area contributed by atoms with Crippen molar-refractivity contribution in [2.24, 2.45) is 5.73 Å². The molecule has 102 valence electrons. The number of hydrogen-bond acceptors (Lipinski definition) is 4. The first-order chi connectivity index (χ1) is 8.99. The van der Waals surface area contributed by atoms with Crippen molar-refractivity contribution in [1.82, 2.24) is 19.7 Å². The number of hydrogen-bond donors (Lipinski definition) is 1. The highest BCUT2D eigenvalue weighted by Crippen LogP contribution is 2.18. The summed E-state index contributed by atoms with van der Waals surface area (Å²) in [5, 5.41) is 4.23. The third-order valence-corrected chi connectivity index (χ3v) is 3.15. The van der Waals surface area contributed by atoms with Gasteiger partial charge >= 0.3 is 0 Å². The zero-order valence-corrected chi connectivity index (χ0v) is 12.0. The van der Waals surface area contributed by atoms with Crippen molar-refractivity contribution in [3.05, 3.63) is 41.2 Å². The van der Waals surface area contributed by atoms with E-state index in [1.54, 1.807) is 6.33 Å². The molecule has 0 fully saturated rings. The Hall–Kier alpha value is -1.75. The average molecular weight is 259 g/mol. The second-order valence-corrected chi connectivity index (χ2v) is 5.24. The zero-order chi connectivity index (χ0) is 14.0. The maximum atomic E-state index is 6.26. The highest BCUT2D eigenvalue weighted by molar-refractivity contribution is 5.26. The summed E-state index contributed by atoms with van der Waals surface area (Å²) in [4.78, 5) is 8.74. The largest absolute Gasteiger partial charge is 0.322 e. The van der Waals surface area contributed by atoms with E-state index in [9.17, 15) is 0 Å². The van der Waals surface area contributed by atoms with E-state index in [2.05, 4.69) is 35.0 Å². The summed E-state index contributed by atoms with van der Waals surface area (Å²) in [6.45, 7) is 8.24. The SMILES string of the molecule is Cc1cnc(C(N)Cc2ncnn2C(C)C)c(C)c1. The molecule has 0 aromatic carbocycles. The van der Waals surface area contributed by atoms with E-state index >= 15 is 0 Å². The Kier molecular flexibility index (Phi) is 3.95. The molecule has 0 radical (unpaired) electrons. The van der Waals surface area contributed by atoms with Gasteiger partial charge in [-0.1, -0.05) is 6.07 Å². The monoisotopic (exact) mass is 259 g/mol. The molecular formula is C14H21N5. The Balaban J connectivity index is 2.21. The van der Waals surface area contributed by atoms with Crippen molar-refractivity contribution >= 4 is 0 Å². The van der Waals surface area contributed by atoms with Crippen molar-refractivity contribution in [3.8, 4) is 0 Å². The molecule has 1 atom stereocenters. The third kappa shape index (κ3) is 2.98. The van der Waals surface area contributed by atoms with E-state index in [-0.39, 0.29) is 12.1 Å². The Labute approximate surface area is 113 Å². The number of rotatable bonds is 4. The fourth-order valence-corrected chi connectivity index (χ4v) is 2.26. The highest BCUT2D eigenvalue weighted by atomic mass is 15.3. The number of aromatic nitrogens is 4. The van der Waals surface area contributed by atoms with Gasteiger partial charge in [0, 0.05) is 18.7 Å². The van der Waals surface area contributed by atoms with Crippen molar-refractivity contribution in [1.29, 1.82) is 0 Å². The van der Waals surface area contributed by atoms with Crippen LogP contribution in [0.2, 0.25) is 0 Å². The molecule has 2 rings (SSSR count). The van der Waals surface area contributed by atoms with Gasteiger partial charge in [0.05, 0.1) is 11.7 Å². The summed E-state index contributed by atoms with van der Waals surface area (Å²) in [6, 6.07) is 2.24. The van der Waals surface area contributed by atoms with Crippen LogP contribution in [-0.4, -0.2) is 19.7 Å². The van der Waals surface area contributed by atoms with E-state index in [0.717, 1.165) is 22.6 Å². The Morgan fingerprint density at radius 2 is 2.00 bits per heavy atom. The van der Waals surface area contributed by atoms with E-state index in [1.807, 2.05) is 24.7 Å². The van der Waals surface area contributed by atoms with Crippen LogP contribution in [0.25, 0.3) is 0 Å². The molecule has 1 unspecified atom stereocenters. The first-order valence-corrected chi connectivity index (χ1v) is 6.56. The summed E-state index contributed by atoms with van der Waals surface area (Å²) >= 11 is 0. The summed E-state index contributed by atoms with van der Waals surface area (Å²) in [7, 11) is 0. The molecule has 2 aromatic rings. The fourth-order valence-electron chi connectivity index (χ4n) is 2.26. The lowest BCUT2D eigenvalue weighted by atomic mass is 10.0. The van der Waals surface area contributed by atoms with Gasteiger partial charge in [0.1, 0.15) is 12.2 Å². The zero-order valence-electron chi connectivity index (χ0n) is 12.0. The summed E-state index contributed by atoms with van der Waals surface area (Å²) in [6.07, 6.45) is 4.09. The lowest BCUT2D eigenvalue weighted by Crippen LogP contribution is -2.20. The quantitative estimate of drug-likeness (QED) is 0.913. The maximum Gasteiger partial charge on any atom is 0.138 e. The van der Waals surface area contributed by atoms with Crippen LogP contribution in [0.4, 0.5) is 0 Å². The smallest absolute Gasteiger partial charge is 0.138 e. The number of nitrogens with zero attached hydrogens (tertiary/aromatic N) is 4. The molecule has 5 heteroatoms. The van der Waals surface area contributed by atoms with Gasteiger partial charge in [-0.05, 0) is 38.8 Å². The van der Waals surface area contributed by atoms with E-state index in [1.165, 1.54) is 0 Å². The lowest BCUT2D eigenvalue weighted by Gasteiger charge is -2.15. The van der Waals surface area contributed by atoms with Crippen molar-refractivity contribution in [2.75, 3.05) is 0 Å². The molecule has 0 saturated heterocycles. The third-order valence-electron chi connectivity index (χ3n) is 3.15. The summed E-state index contributed by atoms with van der Waals surface area (Å²) in [5.41, 5.74) is 9.48. The molecule has 2 aromatic heterocycles. The van der Waals surface area contributed by atoms with Crippen LogP contribution in [0.3, 0.4) is 0 Å². The molecule has 5 nitrogen and oxygen atoms in total. The van der Waals surface area contributed by atoms with Gasteiger partial charge in [0.15, 0.2) is 0 Å². The molecule has 0 saturated carbocycles. The maximum absolute atomic E-state index is 6.26. The topological polar surface area (TPSA) is 69.6 Å². The van der Waals surface area contributed by atoms with Gasteiger partial charge in [0.25, 0.3) is 0 Å². The second-order valence-electron chi connectivity index (χ2n) is 5.24. The van der Waals surface area contributed by atoms with Crippen LogP contribution >= 0.6 is 0 Å². The lowest BCUT2D eigenvalue weighted by molar-refractivity contribution is 0.491. The average Bonchev–Trinajstić information content (AvgIpc) is 2.76. The first kappa shape index (κ1) is 13.7. The van der Waals surface area contributed by atoms with Crippen LogP contribution in [0.5, 0.6) is 0 Å². The van der Waals surface area contributed by atoms with Gasteiger partial charge in [-0.2, -0.15) is 5.10 Å². The minimum atomic E-state index is -0.151. The predicted octanol–water partition coefficient (Wildman–Crippen LogP) is 2.11. The standard InChI is InChI=1S/C14H21N5/c1-9(2)19-13(17-8-18-19)6-12(15)14-11(4)5-10(3)7-16-14/h5,7-9,12H,6,15H2,1-4H3. The minimum Gasteiger partial charge on any atom is -0.322 e. The molecule has 0 amide bonds. The van der Waals surface area contributed by atoms with Crippen LogP contribution in [0.1, 0.15) is 48.6 Å². The fraction of sp³-hybridized carbons (Fsp3) is 0.500. The number of nitrogens with two attached hydrogens (primary N) is 1. The van der Waals surface area contributed by atoms with Crippen LogP contribution < -0.4 is 5.73 Å². The normalized spacial score (nSPS) is 12.9. The Morgan fingerprint density at radius 1 is 1.26 bits per heavy atom. The van der Waals surface area contributed by atoms with Gasteiger partial charge in [-0.3, -0.25) is 4.98 Å². The van der Waals surface area contributed by atoms with Gasteiger partial charge in [-0.15, -0.1) is 0 Å². The molecule has 0 bridgehead atoms. The highest BCUT2D eigenvalue weighted by Gasteiger charge is 2.16. The van der Waals surface area contributed by atoms with E-state index in [0.29, 0.717) is 6.42 Å². The molecule has 0 aliphatic heterocycles. The van der Waals surface area contributed by atoms with E-state index < -0.39 is 0 Å². The molecule has 2 N–H and O–H groups in total. The molecule has 0 aliphatic rings. The van der Waals surface area contributed by atoms with Crippen molar-refractivity contribution < 1.29 is 0 Å². The molecular weight excluding hydrogens is 238 g/mol. The van der Waals surface area contributed by atoms with Gasteiger partial charge in [-0.25, -0.2) is 9.67 Å². The minimum absolute atomic E-state index is 0.151. The van der Waals surface area contributed by atoms with Crippen LogP contribution in [-0.2, 0) is 6.42 Å². The number of aryl methyl sites for hydroxylation is 2. The molecule has 2 heterocycles. The number of pyridine rings is 1. The molecule has 0 aliphatic carbocycles. The van der Waals surface area contributed by atoms with Crippen molar-refractivity contribution in [3.63, 3.8) is 0 Å².